The van der Waals surface area contributed by atoms with E-state index in [1.54, 1.807) is 36.5 Å². The van der Waals surface area contributed by atoms with Gasteiger partial charge in [-0.3, -0.25) is 14.2 Å². The molecule has 0 unspecified atom stereocenters. The Hall–Kier alpha value is -3.05. The second-order valence-electron chi connectivity index (χ2n) is 7.34. The summed E-state index contributed by atoms with van der Waals surface area (Å²) in [4.78, 5) is 34.4. The maximum absolute atomic E-state index is 13.1. The Labute approximate surface area is 170 Å². The van der Waals surface area contributed by atoms with Gasteiger partial charge in [0.25, 0.3) is 5.56 Å². The first kappa shape index (κ1) is 19.7. The second-order valence-corrected chi connectivity index (χ2v) is 8.26. The van der Waals surface area contributed by atoms with Gasteiger partial charge in [-0.05, 0) is 54.9 Å². The normalized spacial score (nSPS) is 11.2. The zero-order chi connectivity index (χ0) is 20.5. The fourth-order valence-corrected chi connectivity index (χ4v) is 3.11. The van der Waals surface area contributed by atoms with Crippen LogP contribution in [0.15, 0.2) is 45.8 Å². The van der Waals surface area contributed by atoms with Gasteiger partial charge in [0.15, 0.2) is 5.65 Å². The molecule has 3 rings (SSSR count). The Balaban J connectivity index is 2.23. The van der Waals surface area contributed by atoms with Crippen molar-refractivity contribution in [1.29, 1.82) is 5.26 Å². The standard InChI is InChI=1S/C20H18BrN5O2/c1-20(2,3)25-16(27)11-26-18(13-6-4-5-12(7-13)9-22)24-17-15(19(26)28)8-14(21)10-23-17/h4-8,10H,11H2,1-3H3,(H,25,27). The van der Waals surface area contributed by atoms with Crippen molar-refractivity contribution in [2.24, 2.45) is 0 Å². The number of amides is 1. The third-order valence-corrected chi connectivity index (χ3v) is 4.28. The first-order chi connectivity index (χ1) is 13.2. The van der Waals surface area contributed by atoms with Crippen molar-refractivity contribution >= 4 is 32.9 Å². The highest BCUT2D eigenvalue weighted by Crippen LogP contribution is 2.21. The van der Waals surface area contributed by atoms with Crippen LogP contribution in [-0.2, 0) is 11.3 Å². The summed E-state index contributed by atoms with van der Waals surface area (Å²) in [5, 5.41) is 12.3. The van der Waals surface area contributed by atoms with E-state index in [1.165, 1.54) is 4.57 Å². The Morgan fingerprint density at radius 2 is 2.07 bits per heavy atom. The molecule has 0 saturated carbocycles. The lowest BCUT2D eigenvalue weighted by Gasteiger charge is -2.21. The van der Waals surface area contributed by atoms with Crippen molar-refractivity contribution in [3.8, 4) is 17.5 Å². The number of fused-ring (bicyclic) bond motifs is 1. The summed E-state index contributed by atoms with van der Waals surface area (Å²) in [5.41, 5.74) is 0.460. The van der Waals surface area contributed by atoms with Crippen molar-refractivity contribution < 1.29 is 4.79 Å². The number of hydrogen-bond donors (Lipinski definition) is 1. The van der Waals surface area contributed by atoms with Gasteiger partial charge < -0.3 is 5.32 Å². The van der Waals surface area contributed by atoms with Gasteiger partial charge in [0.1, 0.15) is 12.4 Å². The summed E-state index contributed by atoms with van der Waals surface area (Å²) in [6.07, 6.45) is 1.56. The SMILES string of the molecule is CC(C)(C)NC(=O)Cn1c(-c2cccc(C#N)c2)nc2ncc(Br)cc2c1=O. The Morgan fingerprint density at radius 1 is 1.32 bits per heavy atom. The highest BCUT2D eigenvalue weighted by Gasteiger charge is 2.19. The minimum Gasteiger partial charge on any atom is -0.350 e. The summed E-state index contributed by atoms with van der Waals surface area (Å²) in [5.74, 6) is -0.0233. The number of rotatable bonds is 3. The first-order valence-electron chi connectivity index (χ1n) is 8.55. The lowest BCUT2D eigenvalue weighted by Crippen LogP contribution is -2.43. The number of halogens is 1. The topological polar surface area (TPSA) is 101 Å². The van der Waals surface area contributed by atoms with E-state index in [4.69, 9.17) is 0 Å². The van der Waals surface area contributed by atoms with E-state index in [-0.39, 0.29) is 29.5 Å². The van der Waals surface area contributed by atoms with Gasteiger partial charge in [0, 0.05) is 21.8 Å². The molecular weight excluding hydrogens is 422 g/mol. The van der Waals surface area contributed by atoms with Crippen LogP contribution in [0.25, 0.3) is 22.4 Å². The number of hydrogen-bond acceptors (Lipinski definition) is 5. The quantitative estimate of drug-likeness (QED) is 0.675. The molecule has 0 radical (unpaired) electrons. The number of carbonyl (C=O) groups is 1. The fraction of sp³-hybridized carbons (Fsp3) is 0.250. The molecule has 1 aromatic carbocycles. The third-order valence-electron chi connectivity index (χ3n) is 3.84. The van der Waals surface area contributed by atoms with Gasteiger partial charge in [-0.2, -0.15) is 5.26 Å². The van der Waals surface area contributed by atoms with Crippen LogP contribution >= 0.6 is 15.9 Å². The van der Waals surface area contributed by atoms with Gasteiger partial charge in [0.05, 0.1) is 17.0 Å². The molecule has 142 valence electrons. The number of nitrogens with one attached hydrogen (secondary N) is 1. The predicted molar refractivity (Wildman–Crippen MR) is 110 cm³/mol. The fourth-order valence-electron chi connectivity index (χ4n) is 2.78. The van der Waals surface area contributed by atoms with E-state index in [2.05, 4.69) is 37.3 Å². The molecule has 0 saturated heterocycles. The predicted octanol–water partition coefficient (Wildman–Crippen LogP) is 3.01. The molecule has 0 atom stereocenters. The van der Waals surface area contributed by atoms with Crippen molar-refractivity contribution in [2.45, 2.75) is 32.9 Å². The lowest BCUT2D eigenvalue weighted by atomic mass is 10.1. The Kier molecular flexibility index (Phi) is 5.29. The maximum Gasteiger partial charge on any atom is 0.263 e. The van der Waals surface area contributed by atoms with Crippen molar-refractivity contribution in [2.75, 3.05) is 0 Å². The number of nitrogens with zero attached hydrogens (tertiary/aromatic N) is 4. The van der Waals surface area contributed by atoms with E-state index in [0.29, 0.717) is 21.0 Å². The van der Waals surface area contributed by atoms with Crippen LogP contribution in [0.1, 0.15) is 26.3 Å². The molecule has 0 bridgehead atoms. The van der Waals surface area contributed by atoms with E-state index < -0.39 is 5.54 Å². The van der Waals surface area contributed by atoms with Crippen LogP contribution < -0.4 is 10.9 Å². The molecule has 7 nitrogen and oxygen atoms in total. The Morgan fingerprint density at radius 3 is 2.75 bits per heavy atom. The van der Waals surface area contributed by atoms with Gasteiger partial charge in [-0.1, -0.05) is 12.1 Å². The van der Waals surface area contributed by atoms with Crippen LogP contribution in [0, 0.1) is 11.3 Å². The molecule has 0 spiro atoms. The van der Waals surface area contributed by atoms with Gasteiger partial charge in [-0.15, -0.1) is 0 Å². The molecule has 0 aliphatic rings. The van der Waals surface area contributed by atoms with Crippen LogP contribution in [0.4, 0.5) is 0 Å². The smallest absolute Gasteiger partial charge is 0.263 e. The zero-order valence-corrected chi connectivity index (χ0v) is 17.2. The number of aromatic nitrogens is 3. The van der Waals surface area contributed by atoms with Crippen LogP contribution in [0.2, 0.25) is 0 Å². The van der Waals surface area contributed by atoms with E-state index in [0.717, 1.165) is 0 Å². The molecule has 1 amide bonds. The number of benzene rings is 1. The highest BCUT2D eigenvalue weighted by atomic mass is 79.9. The molecule has 1 N–H and O–H groups in total. The minimum atomic E-state index is -0.434. The van der Waals surface area contributed by atoms with Gasteiger partial charge >= 0.3 is 0 Å². The minimum absolute atomic E-state index is 0.197. The zero-order valence-electron chi connectivity index (χ0n) is 15.7. The first-order valence-corrected chi connectivity index (χ1v) is 9.35. The van der Waals surface area contributed by atoms with Crippen LogP contribution in [-0.4, -0.2) is 26.0 Å². The molecule has 2 heterocycles. The van der Waals surface area contributed by atoms with E-state index >= 15 is 0 Å². The summed E-state index contributed by atoms with van der Waals surface area (Å²) < 4.78 is 1.96. The molecule has 28 heavy (non-hydrogen) atoms. The maximum atomic E-state index is 13.1. The summed E-state index contributed by atoms with van der Waals surface area (Å²) in [7, 11) is 0. The summed E-state index contributed by atoms with van der Waals surface area (Å²) >= 11 is 3.31. The largest absolute Gasteiger partial charge is 0.350 e. The number of nitriles is 1. The average Bonchev–Trinajstić information content (AvgIpc) is 2.63. The molecule has 8 heteroatoms. The highest BCUT2D eigenvalue weighted by molar-refractivity contribution is 9.10. The van der Waals surface area contributed by atoms with Crippen molar-refractivity contribution in [3.63, 3.8) is 0 Å². The molecule has 0 aliphatic carbocycles. The van der Waals surface area contributed by atoms with Crippen molar-refractivity contribution in [3.05, 3.63) is 56.9 Å². The van der Waals surface area contributed by atoms with Crippen molar-refractivity contribution in [1.82, 2.24) is 19.9 Å². The summed E-state index contributed by atoms with van der Waals surface area (Å²) in [6.45, 7) is 5.40. The molecule has 0 fully saturated rings. The molecule has 0 aliphatic heterocycles. The van der Waals surface area contributed by atoms with Gasteiger partial charge in [0.2, 0.25) is 5.91 Å². The lowest BCUT2D eigenvalue weighted by molar-refractivity contribution is -0.123. The number of carbonyl (C=O) groups excluding carboxylic acids is 1. The molecule has 3 aromatic rings. The Bertz CT molecular complexity index is 1170. The second kappa shape index (κ2) is 7.52. The monoisotopic (exact) mass is 439 g/mol. The van der Waals surface area contributed by atoms with Crippen LogP contribution in [0.5, 0.6) is 0 Å². The van der Waals surface area contributed by atoms with E-state index in [1.807, 2.05) is 20.8 Å². The molecule has 2 aromatic heterocycles. The summed E-state index contributed by atoms with van der Waals surface area (Å²) in [6, 6.07) is 10.4. The average molecular weight is 440 g/mol. The number of pyridine rings is 1. The third kappa shape index (κ3) is 4.26. The van der Waals surface area contributed by atoms with Gasteiger partial charge in [-0.25, -0.2) is 9.97 Å². The van der Waals surface area contributed by atoms with Crippen LogP contribution in [0.3, 0.4) is 0 Å². The molecular formula is C20H18BrN5O2. The van der Waals surface area contributed by atoms with E-state index in [9.17, 15) is 14.9 Å².